The van der Waals surface area contributed by atoms with Crippen molar-refractivity contribution in [2.24, 2.45) is 0 Å². The van der Waals surface area contributed by atoms with Crippen LogP contribution in [-0.4, -0.2) is 144 Å². The van der Waals surface area contributed by atoms with Crippen molar-refractivity contribution in [3.63, 3.8) is 0 Å². The van der Waals surface area contributed by atoms with Gasteiger partial charge in [0.05, 0.1) is 119 Å². The Morgan fingerprint density at radius 2 is 0.658 bits per heavy atom. The van der Waals surface area contributed by atoms with Crippen molar-refractivity contribution in [3.8, 4) is 0 Å². The van der Waals surface area contributed by atoms with E-state index in [4.69, 9.17) is 52.1 Å². The quantitative estimate of drug-likeness (QED) is 0.0942. The molecule has 228 valence electrons. The summed E-state index contributed by atoms with van der Waals surface area (Å²) in [5.74, 6) is -0.384. The van der Waals surface area contributed by atoms with Crippen LogP contribution >= 0.6 is 0 Å². The summed E-state index contributed by atoms with van der Waals surface area (Å²) < 4.78 is 58.8. The van der Waals surface area contributed by atoms with Crippen LogP contribution in [0.1, 0.15) is 27.7 Å². The predicted octanol–water partition coefficient (Wildman–Crippen LogP) is 1.51. The van der Waals surface area contributed by atoms with E-state index in [0.717, 1.165) is 0 Å². The first-order valence-electron chi connectivity index (χ1n) is 13.4. The molecule has 0 aromatic heterocycles. The molecule has 0 amide bonds. The van der Waals surface area contributed by atoms with Gasteiger partial charge in [0.25, 0.3) is 0 Å². The lowest BCUT2D eigenvalue weighted by molar-refractivity contribution is -0.160. The number of carbonyl (C=O) groups excluding carboxylic acids is 1. The van der Waals surface area contributed by atoms with Gasteiger partial charge in [-0.15, -0.1) is 0 Å². The van der Waals surface area contributed by atoms with Crippen LogP contribution in [0.3, 0.4) is 0 Å². The van der Waals surface area contributed by atoms with E-state index in [1.807, 2.05) is 27.7 Å². The number of rotatable bonds is 30. The van der Waals surface area contributed by atoms with Crippen LogP contribution in [-0.2, 0) is 56.9 Å². The highest BCUT2D eigenvalue weighted by molar-refractivity contribution is 5.71. The largest absolute Gasteiger partial charge is 0.458 e. The van der Waals surface area contributed by atoms with E-state index in [1.165, 1.54) is 0 Å². The minimum absolute atomic E-state index is 0.0789. The highest BCUT2D eigenvalue weighted by atomic mass is 16.6. The van der Waals surface area contributed by atoms with E-state index in [0.29, 0.717) is 126 Å². The summed E-state index contributed by atoms with van der Waals surface area (Å²) in [6.45, 7) is 17.0. The number of carbonyl (C=O) groups is 1. The van der Waals surface area contributed by atoms with Gasteiger partial charge in [0.2, 0.25) is 0 Å². The summed E-state index contributed by atoms with van der Waals surface area (Å²) in [5, 5.41) is 0. The lowest BCUT2D eigenvalue weighted by atomic mass is 10.2. The average molecular weight is 557 g/mol. The Bertz CT molecular complexity index is 487. The third-order valence-electron chi connectivity index (χ3n) is 4.19. The normalized spacial score (nSPS) is 11.8. The first-order chi connectivity index (χ1) is 18.5. The Labute approximate surface area is 228 Å². The first kappa shape index (κ1) is 37.1. The van der Waals surface area contributed by atoms with E-state index in [1.54, 1.807) is 0 Å². The molecule has 0 N–H and O–H groups in total. The number of ether oxygens (including phenoxy) is 11. The Morgan fingerprint density at radius 3 is 0.895 bits per heavy atom. The lowest BCUT2D eigenvalue weighted by Gasteiger charge is -2.19. The minimum Gasteiger partial charge on any atom is -0.458 e. The van der Waals surface area contributed by atoms with Crippen LogP contribution < -0.4 is 0 Å². The maximum absolute atomic E-state index is 11.5. The summed E-state index contributed by atoms with van der Waals surface area (Å²) in [7, 11) is 0. The molecule has 12 nitrogen and oxygen atoms in total. The molecular formula is C26H52O12. The van der Waals surface area contributed by atoms with Gasteiger partial charge in [-0.25, -0.2) is 4.79 Å². The summed E-state index contributed by atoms with van der Waals surface area (Å²) in [4.78, 5) is 11.5. The molecule has 0 unspecified atom stereocenters. The van der Waals surface area contributed by atoms with E-state index in [2.05, 4.69) is 0 Å². The fourth-order valence-corrected chi connectivity index (χ4v) is 2.55. The standard InChI is InChI=1S/C26H52O12/c1-5-28-6-7-29-8-9-30-10-11-31-12-13-32-14-15-33-16-17-34-18-19-35-20-21-36-22-23-37-24-25(27)38-26(2,3)4/h5-24H2,1-4H3. The second-order valence-electron chi connectivity index (χ2n) is 8.73. The molecule has 0 rings (SSSR count). The second-order valence-corrected chi connectivity index (χ2v) is 8.73. The molecule has 38 heavy (non-hydrogen) atoms. The zero-order valence-corrected chi connectivity index (χ0v) is 24.0. The van der Waals surface area contributed by atoms with Gasteiger partial charge >= 0.3 is 5.97 Å². The Balaban J connectivity index is 3.09. The van der Waals surface area contributed by atoms with Crippen LogP contribution in [0.25, 0.3) is 0 Å². The van der Waals surface area contributed by atoms with Crippen molar-refractivity contribution >= 4 is 5.97 Å². The molecule has 0 bridgehead atoms. The molecule has 0 aliphatic carbocycles. The predicted molar refractivity (Wildman–Crippen MR) is 140 cm³/mol. The molecule has 0 radical (unpaired) electrons. The molecule has 0 aliphatic rings. The molecule has 0 fully saturated rings. The molecule has 0 aromatic rings. The van der Waals surface area contributed by atoms with Crippen molar-refractivity contribution in [1.82, 2.24) is 0 Å². The van der Waals surface area contributed by atoms with E-state index in [9.17, 15) is 4.79 Å². The summed E-state index contributed by atoms with van der Waals surface area (Å²) >= 11 is 0. The van der Waals surface area contributed by atoms with Gasteiger partial charge < -0.3 is 52.1 Å². The molecule has 0 spiro atoms. The van der Waals surface area contributed by atoms with Crippen molar-refractivity contribution < 1.29 is 56.9 Å². The van der Waals surface area contributed by atoms with Crippen LogP contribution in [0.15, 0.2) is 0 Å². The van der Waals surface area contributed by atoms with Gasteiger partial charge in [-0.2, -0.15) is 0 Å². The first-order valence-corrected chi connectivity index (χ1v) is 13.4. The van der Waals surface area contributed by atoms with E-state index in [-0.39, 0.29) is 12.6 Å². The van der Waals surface area contributed by atoms with Crippen LogP contribution in [0.2, 0.25) is 0 Å². The van der Waals surface area contributed by atoms with E-state index >= 15 is 0 Å². The van der Waals surface area contributed by atoms with Gasteiger partial charge in [-0.05, 0) is 27.7 Å². The van der Waals surface area contributed by atoms with Gasteiger partial charge in [-0.3, -0.25) is 0 Å². The van der Waals surface area contributed by atoms with Gasteiger partial charge in [0, 0.05) is 6.61 Å². The Kier molecular flexibility index (Phi) is 28.4. The fraction of sp³-hybridized carbons (Fsp3) is 0.962. The van der Waals surface area contributed by atoms with Crippen molar-refractivity contribution in [3.05, 3.63) is 0 Å². The van der Waals surface area contributed by atoms with Crippen LogP contribution in [0.4, 0.5) is 0 Å². The monoisotopic (exact) mass is 556 g/mol. The molecule has 0 saturated heterocycles. The third kappa shape index (κ3) is 33.1. The van der Waals surface area contributed by atoms with E-state index < -0.39 is 5.60 Å². The van der Waals surface area contributed by atoms with Crippen molar-refractivity contribution in [1.29, 1.82) is 0 Å². The summed E-state index contributed by atoms with van der Waals surface area (Å²) in [6.07, 6.45) is 0. The zero-order valence-electron chi connectivity index (χ0n) is 24.0. The summed E-state index contributed by atoms with van der Waals surface area (Å²) in [6, 6.07) is 0. The lowest BCUT2D eigenvalue weighted by Crippen LogP contribution is -2.27. The maximum atomic E-state index is 11.5. The minimum atomic E-state index is -0.506. The Morgan fingerprint density at radius 1 is 0.421 bits per heavy atom. The van der Waals surface area contributed by atoms with Crippen molar-refractivity contribution in [2.75, 3.05) is 132 Å². The van der Waals surface area contributed by atoms with Crippen LogP contribution in [0.5, 0.6) is 0 Å². The molecule has 12 heteroatoms. The van der Waals surface area contributed by atoms with Gasteiger partial charge in [-0.1, -0.05) is 0 Å². The smallest absolute Gasteiger partial charge is 0.332 e. The fourth-order valence-electron chi connectivity index (χ4n) is 2.55. The topological polar surface area (TPSA) is 119 Å². The third-order valence-corrected chi connectivity index (χ3v) is 4.19. The van der Waals surface area contributed by atoms with Gasteiger partial charge in [0.1, 0.15) is 12.2 Å². The average Bonchev–Trinajstić information content (AvgIpc) is 2.86. The zero-order chi connectivity index (χ0) is 28.0. The van der Waals surface area contributed by atoms with Crippen molar-refractivity contribution in [2.45, 2.75) is 33.3 Å². The highest BCUT2D eigenvalue weighted by Gasteiger charge is 2.15. The molecule has 0 heterocycles. The summed E-state index contributed by atoms with van der Waals surface area (Å²) in [5.41, 5.74) is -0.506. The molecule has 0 aromatic carbocycles. The molecule has 0 aliphatic heterocycles. The van der Waals surface area contributed by atoms with Gasteiger partial charge in [0.15, 0.2) is 0 Å². The highest BCUT2D eigenvalue weighted by Crippen LogP contribution is 2.06. The van der Waals surface area contributed by atoms with Crippen LogP contribution in [0, 0.1) is 0 Å². The maximum Gasteiger partial charge on any atom is 0.332 e. The molecular weight excluding hydrogens is 504 g/mol. The SMILES string of the molecule is CCOCCOCCOCCOCCOCCOCCOCCOCCOCCOCC(=O)OC(C)(C)C. The number of hydrogen-bond donors (Lipinski definition) is 0. The Hall–Kier alpha value is -0.930. The number of esters is 1. The second kappa shape index (κ2) is 29.1. The number of hydrogen-bond acceptors (Lipinski definition) is 12. The molecule has 0 saturated carbocycles. The molecule has 0 atom stereocenters.